The third-order valence-corrected chi connectivity index (χ3v) is 13.2. The Morgan fingerprint density at radius 1 is 0.653 bits per heavy atom. The number of imide groups is 1. The van der Waals surface area contributed by atoms with E-state index in [1.165, 1.54) is 12.2 Å². The molecule has 0 bridgehead atoms. The fourth-order valence-corrected chi connectivity index (χ4v) is 9.30. The van der Waals surface area contributed by atoms with Gasteiger partial charge in [0.25, 0.3) is 23.6 Å². The van der Waals surface area contributed by atoms with E-state index in [1.807, 2.05) is 52.6 Å². The van der Waals surface area contributed by atoms with E-state index in [2.05, 4.69) is 10.5 Å². The van der Waals surface area contributed by atoms with Gasteiger partial charge in [-0.05, 0) is 123 Å². The summed E-state index contributed by atoms with van der Waals surface area (Å²) in [5, 5.41) is 4.20. The molecule has 18 nitrogen and oxygen atoms in total. The van der Waals surface area contributed by atoms with E-state index in [1.54, 1.807) is 57.5 Å². The highest BCUT2D eigenvalue weighted by molar-refractivity contribution is 6.13. The summed E-state index contributed by atoms with van der Waals surface area (Å²) in [6.07, 6.45) is 12.3. The minimum absolute atomic E-state index is 0.0461. The molecule has 4 aromatic carbocycles. The summed E-state index contributed by atoms with van der Waals surface area (Å²) in [5.74, 6) is 1.59. The monoisotopic (exact) mass is 979 g/mol. The summed E-state index contributed by atoms with van der Waals surface area (Å²) >= 11 is 0. The fourth-order valence-electron chi connectivity index (χ4n) is 9.30. The van der Waals surface area contributed by atoms with Crippen molar-refractivity contribution in [2.24, 2.45) is 15.1 Å². The molecule has 2 saturated heterocycles. The Kier molecular flexibility index (Phi) is 15.2. The summed E-state index contributed by atoms with van der Waals surface area (Å²) in [7, 11) is 3.08. The Bertz CT molecular complexity index is 2720. The van der Waals surface area contributed by atoms with Crippen LogP contribution < -0.4 is 33.8 Å². The predicted molar refractivity (Wildman–Crippen MR) is 268 cm³/mol. The van der Waals surface area contributed by atoms with E-state index < -0.39 is 0 Å². The molecule has 5 aliphatic rings. The number of fused-ring (bicyclic) bond motifs is 4. The predicted octanol–water partition coefficient (Wildman–Crippen LogP) is 7.29. The second-order valence-corrected chi connectivity index (χ2v) is 18.0. The number of piperidine rings is 2. The van der Waals surface area contributed by atoms with Crippen LogP contribution in [0.25, 0.3) is 0 Å². The molecule has 0 saturated carbocycles. The molecule has 2 fully saturated rings. The molecule has 0 aliphatic carbocycles. The molecule has 0 aromatic heterocycles. The van der Waals surface area contributed by atoms with Crippen LogP contribution in [0.5, 0.6) is 34.5 Å². The highest BCUT2D eigenvalue weighted by Crippen LogP contribution is 2.40. The van der Waals surface area contributed by atoms with Gasteiger partial charge in [-0.25, -0.2) is 5.43 Å². The smallest absolute Gasteiger partial charge is 0.256 e. The van der Waals surface area contributed by atoms with Gasteiger partial charge in [-0.15, -0.1) is 0 Å². The minimum atomic E-state index is -0.378. The van der Waals surface area contributed by atoms with Gasteiger partial charge in [0.2, 0.25) is 5.91 Å². The van der Waals surface area contributed by atoms with E-state index in [0.29, 0.717) is 82.2 Å². The number of amides is 5. The number of nitrogens with one attached hydrogen (secondary N) is 1. The van der Waals surface area contributed by atoms with Gasteiger partial charge in [0, 0.05) is 62.8 Å². The molecule has 0 unspecified atom stereocenters. The molecule has 5 heterocycles. The third-order valence-electron chi connectivity index (χ3n) is 13.2. The lowest BCUT2D eigenvalue weighted by Gasteiger charge is -2.32. The van der Waals surface area contributed by atoms with Crippen molar-refractivity contribution >= 4 is 59.1 Å². The van der Waals surface area contributed by atoms with Crippen molar-refractivity contribution in [3.63, 3.8) is 0 Å². The third kappa shape index (κ3) is 11.3. The number of nitrogens with zero attached hydrogens (tertiary/aromatic N) is 6. The molecule has 1 N–H and O–H groups in total. The van der Waals surface area contributed by atoms with Crippen molar-refractivity contribution in [1.29, 1.82) is 0 Å². The molecule has 5 amide bonds. The maximum Gasteiger partial charge on any atom is 0.256 e. The van der Waals surface area contributed by atoms with Gasteiger partial charge in [0.1, 0.15) is 37.9 Å². The summed E-state index contributed by atoms with van der Waals surface area (Å²) < 4.78 is 36.6. The highest BCUT2D eigenvalue weighted by atomic mass is 16.5. The first-order valence-electron chi connectivity index (χ1n) is 24.3. The van der Waals surface area contributed by atoms with Crippen LogP contribution >= 0.6 is 0 Å². The van der Waals surface area contributed by atoms with Gasteiger partial charge in [0.15, 0.2) is 23.0 Å². The van der Waals surface area contributed by atoms with Crippen molar-refractivity contribution in [3.05, 3.63) is 107 Å². The van der Waals surface area contributed by atoms with Crippen molar-refractivity contribution in [2.75, 3.05) is 47.1 Å². The van der Waals surface area contributed by atoms with E-state index in [-0.39, 0.29) is 81.0 Å². The van der Waals surface area contributed by atoms with Crippen LogP contribution in [0.4, 0.5) is 11.4 Å². The average Bonchev–Trinajstić information content (AvgIpc) is 3.56. The van der Waals surface area contributed by atoms with E-state index in [4.69, 9.17) is 38.4 Å². The average molecular weight is 980 g/mol. The van der Waals surface area contributed by atoms with Crippen LogP contribution in [0.15, 0.2) is 94.0 Å². The molecule has 5 aliphatic heterocycles. The molecule has 18 heteroatoms. The fraction of sp³-hybridized carbons (Fsp3) is 0.370. The summed E-state index contributed by atoms with van der Waals surface area (Å²) in [4.78, 5) is 77.5. The first kappa shape index (κ1) is 49.0. The first-order valence-corrected chi connectivity index (χ1v) is 24.3. The topological polar surface area (TPSA) is 200 Å². The van der Waals surface area contributed by atoms with Gasteiger partial charge in [-0.2, -0.15) is 5.10 Å². The zero-order valence-electron chi connectivity index (χ0n) is 40.6. The molecule has 0 spiro atoms. The number of hydrazone groups is 1. The van der Waals surface area contributed by atoms with Crippen LogP contribution in [0, 0.1) is 0 Å². The molecule has 9 rings (SSSR count). The number of benzene rings is 4. The second-order valence-electron chi connectivity index (χ2n) is 18.0. The Balaban J connectivity index is 0.864. The van der Waals surface area contributed by atoms with E-state index in [0.717, 1.165) is 60.1 Å². The largest absolute Gasteiger partial charge is 0.493 e. The van der Waals surface area contributed by atoms with E-state index >= 15 is 0 Å². The van der Waals surface area contributed by atoms with Crippen molar-refractivity contribution in [3.8, 4) is 34.5 Å². The number of hydrogen-bond acceptors (Lipinski definition) is 14. The van der Waals surface area contributed by atoms with E-state index in [9.17, 15) is 24.0 Å². The molecule has 374 valence electrons. The lowest BCUT2D eigenvalue weighted by Crippen LogP contribution is -2.43. The molecule has 72 heavy (non-hydrogen) atoms. The van der Waals surface area contributed by atoms with Gasteiger partial charge in [-0.1, -0.05) is 0 Å². The molecular formula is C54H57N7O11. The molecular weight excluding hydrogens is 923 g/mol. The number of aliphatic imine (C=N–C) groups is 2. The van der Waals surface area contributed by atoms with Gasteiger partial charge in [-0.3, -0.25) is 38.9 Å². The SMILES string of the molecule is COc1cc2c(cc1OCc1cc(COc3cc4c(cc3OC)C(=O)N3CCCC[C@H]3C=N4)cc(OCCOc3ccc(/C(C)=N\NC(=O)CCCN4C(=O)C=CC4=O)cc3)c1)N=C[C@@H]1CCCCN1C2=O. The van der Waals surface area contributed by atoms with Crippen molar-refractivity contribution < 1.29 is 52.4 Å². The molecule has 2 atom stereocenters. The van der Waals surface area contributed by atoms with Gasteiger partial charge >= 0.3 is 0 Å². The number of hydrogen-bond donors (Lipinski definition) is 1. The number of ether oxygens (including phenoxy) is 6. The number of carbonyl (C=O) groups excluding carboxylic acids is 5. The van der Waals surface area contributed by atoms with Crippen molar-refractivity contribution in [2.45, 2.75) is 83.6 Å². The van der Waals surface area contributed by atoms with Gasteiger partial charge < -0.3 is 38.2 Å². The maximum atomic E-state index is 13.6. The first-order chi connectivity index (χ1) is 35.0. The highest BCUT2D eigenvalue weighted by Gasteiger charge is 2.33. The Morgan fingerprint density at radius 2 is 1.18 bits per heavy atom. The zero-order chi connectivity index (χ0) is 50.1. The van der Waals surface area contributed by atoms with Crippen LogP contribution in [-0.2, 0) is 27.6 Å². The number of rotatable bonds is 19. The summed E-state index contributed by atoms with van der Waals surface area (Å²) in [6.45, 7) is 3.92. The van der Waals surface area contributed by atoms with Crippen molar-refractivity contribution in [1.82, 2.24) is 20.1 Å². The second kappa shape index (κ2) is 22.4. The lowest BCUT2D eigenvalue weighted by molar-refractivity contribution is -0.137. The summed E-state index contributed by atoms with van der Waals surface area (Å²) in [6, 6.07) is 19.8. The van der Waals surface area contributed by atoms with Crippen LogP contribution in [0.1, 0.15) is 95.7 Å². The van der Waals surface area contributed by atoms with Gasteiger partial charge in [0.05, 0.1) is 54.5 Å². The summed E-state index contributed by atoms with van der Waals surface area (Å²) in [5.41, 5.74) is 7.39. The molecule has 0 radical (unpaired) electrons. The standard InChI is InChI=1S/C54H57N7O11/c1-34(57-58-50(62)11-8-20-61-51(63)16-17-52(61)64)37-12-14-40(15-13-37)69-21-22-70-41-24-35(32-71-48-28-44-42(26-46(48)67-2)53(65)59-18-6-4-9-38(59)30-55-44)23-36(25-41)33-72-49-29-45-43(27-47(49)68-3)54(66)60-19-7-5-10-39(60)31-56-45/h12-17,23-31,38-39H,4-11,18-22,32-33H2,1-3H3,(H,58,62)/b57-34-/t38-,39-/m0/s1. The van der Waals surface area contributed by atoms with Crippen LogP contribution in [0.3, 0.4) is 0 Å². The Labute approximate surface area is 417 Å². The van der Waals surface area contributed by atoms with Crippen LogP contribution in [-0.4, -0.2) is 122 Å². The normalized spacial score (nSPS) is 18.2. The van der Waals surface area contributed by atoms with Crippen LogP contribution in [0.2, 0.25) is 0 Å². The maximum absolute atomic E-state index is 13.6. The quantitative estimate of drug-likeness (QED) is 0.0429. The molecule has 4 aromatic rings. The minimum Gasteiger partial charge on any atom is -0.493 e. The Morgan fingerprint density at radius 3 is 1.71 bits per heavy atom. The number of methoxy groups -OCH3 is 2. The zero-order valence-corrected chi connectivity index (χ0v) is 40.6. The lowest BCUT2D eigenvalue weighted by atomic mass is 10.0. The number of carbonyl (C=O) groups is 5. The Hall–Kier alpha value is -8.02.